The molecule has 1 fully saturated rings. The number of nitrogens with zero attached hydrogens (tertiary/aromatic N) is 1. The Kier molecular flexibility index (Phi) is 3.61. The zero-order valence-corrected chi connectivity index (χ0v) is 12.8. The fourth-order valence-electron chi connectivity index (χ4n) is 2.72. The highest BCUT2D eigenvalue weighted by atomic mass is 16.4. The van der Waals surface area contributed by atoms with Gasteiger partial charge in [0.2, 0.25) is 0 Å². The summed E-state index contributed by atoms with van der Waals surface area (Å²) in [4.78, 5) is 23.5. The van der Waals surface area contributed by atoms with E-state index in [4.69, 9.17) is 5.11 Å². The Hall–Kier alpha value is -2.36. The topological polar surface area (TPSA) is 59.3 Å². The monoisotopic (exact) mass is 297 g/mol. The molecule has 114 valence electrons. The van der Waals surface area contributed by atoms with E-state index in [0.29, 0.717) is 5.56 Å². The second-order valence-corrected chi connectivity index (χ2v) is 6.02. The third-order valence-corrected chi connectivity index (χ3v) is 4.25. The second kappa shape index (κ2) is 5.44. The number of carbonyl (C=O) groups is 1. The van der Waals surface area contributed by atoms with Crippen molar-refractivity contribution in [2.75, 3.05) is 0 Å². The number of hydrogen-bond acceptors (Lipinski definition) is 2. The summed E-state index contributed by atoms with van der Waals surface area (Å²) < 4.78 is 1.78. The molecule has 1 aliphatic rings. The van der Waals surface area contributed by atoms with Crippen molar-refractivity contribution in [2.24, 2.45) is 0 Å². The van der Waals surface area contributed by atoms with E-state index in [-0.39, 0.29) is 18.0 Å². The van der Waals surface area contributed by atoms with Gasteiger partial charge in [-0.1, -0.05) is 18.2 Å². The van der Waals surface area contributed by atoms with Crippen LogP contribution >= 0.6 is 0 Å². The second-order valence-electron chi connectivity index (χ2n) is 6.02. The van der Waals surface area contributed by atoms with Crippen LogP contribution in [0, 0.1) is 13.8 Å². The Bertz CT molecular complexity index is 800. The Labute approximate surface area is 129 Å². The molecule has 0 saturated heterocycles. The predicted octanol–water partition coefficient (Wildman–Crippen LogP) is 3.09. The lowest BCUT2D eigenvalue weighted by atomic mass is 10.0. The fraction of sp³-hybridized carbons (Fsp3) is 0.333. The molecule has 1 aliphatic carbocycles. The van der Waals surface area contributed by atoms with Gasteiger partial charge in [-0.05, 0) is 55.5 Å². The lowest BCUT2D eigenvalue weighted by Gasteiger charge is -2.15. The van der Waals surface area contributed by atoms with Crippen molar-refractivity contribution in [2.45, 2.75) is 39.2 Å². The largest absolute Gasteiger partial charge is 0.481 e. The van der Waals surface area contributed by atoms with Crippen molar-refractivity contribution in [3.63, 3.8) is 0 Å². The quantitative estimate of drug-likeness (QED) is 0.943. The number of rotatable bonds is 4. The number of carboxylic acid groups (broad SMARTS) is 1. The summed E-state index contributed by atoms with van der Waals surface area (Å²) in [6.45, 7) is 4.11. The first kappa shape index (κ1) is 14.6. The van der Waals surface area contributed by atoms with Gasteiger partial charge in [-0.3, -0.25) is 9.59 Å². The molecule has 22 heavy (non-hydrogen) atoms. The smallest absolute Gasteiger partial charge is 0.308 e. The Balaban J connectivity index is 2.15. The summed E-state index contributed by atoms with van der Waals surface area (Å²) in [5.41, 5.74) is 4.47. The predicted molar refractivity (Wildman–Crippen MR) is 85.2 cm³/mol. The number of hydrogen-bond donors (Lipinski definition) is 1. The third kappa shape index (κ3) is 2.69. The van der Waals surface area contributed by atoms with E-state index in [9.17, 15) is 9.59 Å². The molecule has 0 radical (unpaired) electrons. The van der Waals surface area contributed by atoms with Crippen LogP contribution in [0.4, 0.5) is 0 Å². The molecule has 1 saturated carbocycles. The van der Waals surface area contributed by atoms with Crippen molar-refractivity contribution in [3.05, 3.63) is 57.4 Å². The van der Waals surface area contributed by atoms with Gasteiger partial charge in [-0.25, -0.2) is 0 Å². The summed E-state index contributed by atoms with van der Waals surface area (Å²) in [5, 5.41) is 8.94. The minimum absolute atomic E-state index is 0.166. The van der Waals surface area contributed by atoms with Gasteiger partial charge in [-0.15, -0.1) is 0 Å². The van der Waals surface area contributed by atoms with E-state index in [0.717, 1.165) is 24.1 Å². The summed E-state index contributed by atoms with van der Waals surface area (Å²) >= 11 is 0. The Morgan fingerprint density at radius 3 is 2.50 bits per heavy atom. The normalized spacial score (nSPS) is 14.1. The summed E-state index contributed by atoms with van der Waals surface area (Å²) in [6, 6.07) is 9.89. The number of carboxylic acids is 1. The number of aryl methyl sites for hydroxylation is 2. The lowest BCUT2D eigenvalue weighted by Crippen LogP contribution is -2.25. The highest BCUT2D eigenvalue weighted by Gasteiger charge is 2.28. The number of pyridine rings is 1. The summed E-state index contributed by atoms with van der Waals surface area (Å²) in [7, 11) is 0. The molecule has 2 aromatic rings. The van der Waals surface area contributed by atoms with Crippen LogP contribution < -0.4 is 5.56 Å². The molecule has 4 heteroatoms. The molecule has 0 aliphatic heterocycles. The zero-order valence-electron chi connectivity index (χ0n) is 12.8. The molecule has 0 bridgehead atoms. The molecule has 3 rings (SSSR count). The maximum atomic E-state index is 12.6. The van der Waals surface area contributed by atoms with Gasteiger partial charge < -0.3 is 9.67 Å². The van der Waals surface area contributed by atoms with E-state index in [1.54, 1.807) is 10.6 Å². The first-order valence-electron chi connectivity index (χ1n) is 7.51. The molecule has 0 amide bonds. The van der Waals surface area contributed by atoms with Crippen LogP contribution in [0.3, 0.4) is 0 Å². The van der Waals surface area contributed by atoms with E-state index in [1.807, 2.05) is 12.1 Å². The van der Waals surface area contributed by atoms with Crippen LogP contribution in [0.2, 0.25) is 0 Å². The molecule has 0 spiro atoms. The van der Waals surface area contributed by atoms with Crippen LogP contribution in [0.1, 0.15) is 35.6 Å². The SMILES string of the molecule is Cc1ccc(-c2ccc(CC(=O)O)c(=O)n2C2CC2)cc1C. The zero-order chi connectivity index (χ0) is 15.9. The van der Waals surface area contributed by atoms with Crippen molar-refractivity contribution in [1.29, 1.82) is 0 Å². The first-order valence-corrected chi connectivity index (χ1v) is 7.51. The van der Waals surface area contributed by atoms with Crippen LogP contribution in [-0.4, -0.2) is 15.6 Å². The molecular formula is C18H19NO3. The maximum absolute atomic E-state index is 12.6. The molecule has 0 atom stereocenters. The minimum atomic E-state index is -0.974. The molecule has 0 unspecified atom stereocenters. The van der Waals surface area contributed by atoms with E-state index >= 15 is 0 Å². The summed E-state index contributed by atoms with van der Waals surface area (Å²) in [5.74, 6) is -0.974. The minimum Gasteiger partial charge on any atom is -0.481 e. The van der Waals surface area contributed by atoms with Crippen LogP contribution in [0.15, 0.2) is 35.1 Å². The number of aromatic nitrogens is 1. The van der Waals surface area contributed by atoms with Crippen molar-refractivity contribution in [1.82, 2.24) is 4.57 Å². The van der Waals surface area contributed by atoms with Gasteiger partial charge in [0.1, 0.15) is 0 Å². The Morgan fingerprint density at radius 2 is 1.91 bits per heavy atom. The van der Waals surface area contributed by atoms with Gasteiger partial charge in [-0.2, -0.15) is 0 Å². The maximum Gasteiger partial charge on any atom is 0.308 e. The highest BCUT2D eigenvalue weighted by Crippen LogP contribution is 2.37. The summed E-state index contributed by atoms with van der Waals surface area (Å²) in [6.07, 6.45) is 1.74. The molecule has 1 heterocycles. The van der Waals surface area contributed by atoms with Crippen molar-refractivity contribution in [3.8, 4) is 11.3 Å². The first-order chi connectivity index (χ1) is 10.5. The average molecular weight is 297 g/mol. The van der Waals surface area contributed by atoms with Crippen LogP contribution in [0.5, 0.6) is 0 Å². The molecule has 1 aromatic heterocycles. The number of benzene rings is 1. The highest BCUT2D eigenvalue weighted by molar-refractivity contribution is 5.70. The van der Waals surface area contributed by atoms with Crippen molar-refractivity contribution >= 4 is 5.97 Å². The molecular weight excluding hydrogens is 278 g/mol. The lowest BCUT2D eigenvalue weighted by molar-refractivity contribution is -0.136. The van der Waals surface area contributed by atoms with Crippen molar-refractivity contribution < 1.29 is 9.90 Å². The van der Waals surface area contributed by atoms with Gasteiger partial charge in [0.15, 0.2) is 0 Å². The van der Waals surface area contributed by atoms with E-state index in [2.05, 4.69) is 26.0 Å². The van der Waals surface area contributed by atoms with Crippen LogP contribution in [-0.2, 0) is 11.2 Å². The fourth-order valence-corrected chi connectivity index (χ4v) is 2.72. The molecule has 1 aromatic carbocycles. The van der Waals surface area contributed by atoms with Crippen LogP contribution in [0.25, 0.3) is 11.3 Å². The Morgan fingerprint density at radius 1 is 1.18 bits per heavy atom. The standard InChI is InChI=1S/C18H19NO3/c1-11-3-4-13(9-12(11)2)16-8-5-14(10-17(20)21)18(22)19(16)15-6-7-15/h3-5,8-9,15H,6-7,10H2,1-2H3,(H,20,21). The van der Waals surface area contributed by atoms with Gasteiger partial charge in [0.25, 0.3) is 5.56 Å². The van der Waals surface area contributed by atoms with Gasteiger partial charge in [0, 0.05) is 11.6 Å². The van der Waals surface area contributed by atoms with E-state index in [1.165, 1.54) is 11.1 Å². The van der Waals surface area contributed by atoms with Gasteiger partial charge in [0.05, 0.1) is 12.1 Å². The average Bonchev–Trinajstić information content (AvgIpc) is 3.28. The third-order valence-electron chi connectivity index (χ3n) is 4.25. The molecule has 4 nitrogen and oxygen atoms in total. The molecule has 1 N–H and O–H groups in total. The van der Waals surface area contributed by atoms with Gasteiger partial charge >= 0.3 is 5.97 Å². The van der Waals surface area contributed by atoms with E-state index < -0.39 is 5.97 Å². The number of aliphatic carboxylic acids is 1.